The Morgan fingerprint density at radius 2 is 1.30 bits per heavy atom. The highest BCUT2D eigenvalue weighted by molar-refractivity contribution is 5.76. The largest absolute Gasteiger partial charge is 0.379 e. The highest BCUT2D eigenvalue weighted by atomic mass is 16.6. The van der Waals surface area contributed by atoms with Crippen molar-refractivity contribution in [1.82, 2.24) is 0 Å². The molecule has 2 N–H and O–H groups in total. The third-order valence-electron chi connectivity index (χ3n) is 2.64. The molecular formula is C12H18N4O4. The van der Waals surface area contributed by atoms with E-state index < -0.39 is 9.85 Å². The number of benzene rings is 1. The SMILES string of the molecule is CCCNc1cc(NCCC)c([N+](=O)[O-])cc1[N+](=O)[O-]. The zero-order valence-corrected chi connectivity index (χ0v) is 11.5. The van der Waals surface area contributed by atoms with Gasteiger partial charge >= 0.3 is 0 Å². The lowest BCUT2D eigenvalue weighted by Crippen LogP contribution is -2.08. The second-order valence-electron chi connectivity index (χ2n) is 4.25. The van der Waals surface area contributed by atoms with Gasteiger partial charge < -0.3 is 10.6 Å². The average molecular weight is 282 g/mol. The van der Waals surface area contributed by atoms with Crippen molar-refractivity contribution in [2.45, 2.75) is 26.7 Å². The summed E-state index contributed by atoms with van der Waals surface area (Å²) in [5, 5.41) is 27.9. The van der Waals surface area contributed by atoms with Gasteiger partial charge in [-0.2, -0.15) is 0 Å². The van der Waals surface area contributed by atoms with Gasteiger partial charge in [0.1, 0.15) is 11.4 Å². The Morgan fingerprint density at radius 1 is 0.900 bits per heavy atom. The topological polar surface area (TPSA) is 110 Å². The molecule has 0 aliphatic carbocycles. The van der Waals surface area contributed by atoms with Crippen molar-refractivity contribution in [3.63, 3.8) is 0 Å². The zero-order chi connectivity index (χ0) is 15.1. The third-order valence-corrected chi connectivity index (χ3v) is 2.64. The fraction of sp³-hybridized carbons (Fsp3) is 0.500. The van der Waals surface area contributed by atoms with Gasteiger partial charge in [0.05, 0.1) is 15.9 Å². The van der Waals surface area contributed by atoms with Gasteiger partial charge in [0.2, 0.25) is 0 Å². The summed E-state index contributed by atoms with van der Waals surface area (Å²) in [7, 11) is 0. The molecule has 110 valence electrons. The summed E-state index contributed by atoms with van der Waals surface area (Å²) in [5.41, 5.74) is 0.0153. The smallest absolute Gasteiger partial charge is 0.299 e. The molecule has 8 nitrogen and oxygen atoms in total. The fourth-order valence-corrected chi connectivity index (χ4v) is 1.68. The highest BCUT2D eigenvalue weighted by Crippen LogP contribution is 2.36. The Labute approximate surface area is 116 Å². The minimum absolute atomic E-state index is 0.285. The molecule has 0 saturated heterocycles. The van der Waals surface area contributed by atoms with Gasteiger partial charge in [-0.15, -0.1) is 0 Å². The number of anilines is 2. The minimum Gasteiger partial charge on any atom is -0.379 e. The number of nitrogens with zero attached hydrogens (tertiary/aromatic N) is 2. The molecular weight excluding hydrogens is 264 g/mol. The van der Waals surface area contributed by atoms with Crippen LogP contribution in [0.4, 0.5) is 22.7 Å². The predicted molar refractivity (Wildman–Crippen MR) is 77.3 cm³/mol. The predicted octanol–water partition coefficient (Wildman–Crippen LogP) is 3.15. The summed E-state index contributed by atoms with van der Waals surface area (Å²) in [4.78, 5) is 20.8. The van der Waals surface area contributed by atoms with Crippen LogP contribution in [0.5, 0.6) is 0 Å². The highest BCUT2D eigenvalue weighted by Gasteiger charge is 2.24. The van der Waals surface area contributed by atoms with E-state index in [4.69, 9.17) is 0 Å². The summed E-state index contributed by atoms with van der Waals surface area (Å²) in [6.07, 6.45) is 1.59. The molecule has 0 heterocycles. The van der Waals surface area contributed by atoms with Gasteiger partial charge in [-0.05, 0) is 18.9 Å². The van der Waals surface area contributed by atoms with E-state index in [2.05, 4.69) is 10.6 Å². The van der Waals surface area contributed by atoms with E-state index in [1.165, 1.54) is 6.07 Å². The lowest BCUT2D eigenvalue weighted by Gasteiger charge is -2.10. The van der Waals surface area contributed by atoms with E-state index in [0.29, 0.717) is 24.5 Å². The summed E-state index contributed by atoms with van der Waals surface area (Å²) in [6.45, 7) is 4.98. The first-order valence-corrected chi connectivity index (χ1v) is 6.45. The Morgan fingerprint density at radius 3 is 1.60 bits per heavy atom. The molecule has 20 heavy (non-hydrogen) atoms. The van der Waals surface area contributed by atoms with Crippen LogP contribution >= 0.6 is 0 Å². The molecule has 0 fully saturated rings. The van der Waals surface area contributed by atoms with Crippen molar-refractivity contribution in [2.24, 2.45) is 0 Å². The van der Waals surface area contributed by atoms with Crippen LogP contribution in [0.3, 0.4) is 0 Å². The van der Waals surface area contributed by atoms with Crippen LogP contribution in [0.2, 0.25) is 0 Å². The lowest BCUT2D eigenvalue weighted by atomic mass is 10.2. The van der Waals surface area contributed by atoms with Crippen molar-refractivity contribution in [3.8, 4) is 0 Å². The second kappa shape index (κ2) is 7.27. The van der Waals surface area contributed by atoms with E-state index in [1.807, 2.05) is 13.8 Å². The fourth-order valence-electron chi connectivity index (χ4n) is 1.68. The van der Waals surface area contributed by atoms with Crippen molar-refractivity contribution < 1.29 is 9.85 Å². The Hall–Kier alpha value is -2.38. The molecule has 8 heteroatoms. The third kappa shape index (κ3) is 3.81. The van der Waals surface area contributed by atoms with E-state index >= 15 is 0 Å². The number of rotatable bonds is 8. The average Bonchev–Trinajstić information content (AvgIpc) is 2.41. The Balaban J connectivity index is 3.27. The van der Waals surface area contributed by atoms with Crippen LogP contribution in [0.1, 0.15) is 26.7 Å². The molecule has 0 aromatic heterocycles. The summed E-state index contributed by atoms with van der Waals surface area (Å²) < 4.78 is 0. The van der Waals surface area contributed by atoms with Crippen molar-refractivity contribution >= 4 is 22.7 Å². The molecule has 0 saturated carbocycles. The minimum atomic E-state index is -0.616. The Kier molecular flexibility index (Phi) is 5.70. The first-order valence-electron chi connectivity index (χ1n) is 6.45. The maximum atomic E-state index is 11.0. The number of nitro benzene ring substituents is 2. The molecule has 1 aromatic rings. The first-order chi connectivity index (χ1) is 9.51. The van der Waals surface area contributed by atoms with Gasteiger partial charge in [-0.1, -0.05) is 13.8 Å². The Bertz CT molecular complexity index is 463. The molecule has 0 aliphatic heterocycles. The summed E-state index contributed by atoms with van der Waals surface area (Å²) in [5.74, 6) is 0. The van der Waals surface area contributed by atoms with E-state index in [9.17, 15) is 20.2 Å². The van der Waals surface area contributed by atoms with E-state index in [-0.39, 0.29) is 11.4 Å². The molecule has 0 atom stereocenters. The summed E-state index contributed by atoms with van der Waals surface area (Å²) >= 11 is 0. The molecule has 1 aromatic carbocycles. The van der Waals surface area contributed by atoms with Gasteiger partial charge in [0, 0.05) is 13.1 Å². The summed E-state index contributed by atoms with van der Waals surface area (Å²) in [6, 6.07) is 2.43. The molecule has 1 rings (SSSR count). The molecule has 0 bridgehead atoms. The van der Waals surface area contributed by atoms with Crippen LogP contribution in [0, 0.1) is 20.2 Å². The normalized spacial score (nSPS) is 10.1. The number of nitro groups is 2. The van der Waals surface area contributed by atoms with Crippen LogP contribution in [-0.2, 0) is 0 Å². The maximum absolute atomic E-state index is 11.0. The monoisotopic (exact) mass is 282 g/mol. The number of hydrogen-bond donors (Lipinski definition) is 2. The molecule has 0 radical (unpaired) electrons. The molecule has 0 spiro atoms. The number of hydrogen-bond acceptors (Lipinski definition) is 6. The van der Waals surface area contributed by atoms with Gasteiger partial charge in [-0.3, -0.25) is 20.2 Å². The van der Waals surface area contributed by atoms with Crippen molar-refractivity contribution in [1.29, 1.82) is 0 Å². The van der Waals surface area contributed by atoms with E-state index in [1.54, 1.807) is 0 Å². The van der Waals surface area contributed by atoms with Crippen LogP contribution < -0.4 is 10.6 Å². The van der Waals surface area contributed by atoms with Gasteiger partial charge in [0.25, 0.3) is 11.4 Å². The quantitative estimate of drug-likeness (QED) is 0.559. The van der Waals surface area contributed by atoms with Crippen LogP contribution in [0.25, 0.3) is 0 Å². The molecule has 0 aliphatic rings. The lowest BCUT2D eigenvalue weighted by molar-refractivity contribution is -0.393. The van der Waals surface area contributed by atoms with Crippen molar-refractivity contribution in [3.05, 3.63) is 32.4 Å². The van der Waals surface area contributed by atoms with Crippen LogP contribution in [-0.4, -0.2) is 22.9 Å². The van der Waals surface area contributed by atoms with Gasteiger partial charge in [-0.25, -0.2) is 0 Å². The maximum Gasteiger partial charge on any atom is 0.299 e. The standard InChI is InChI=1S/C12H18N4O4/c1-3-5-13-9-7-10(14-6-4-2)12(16(19)20)8-11(9)15(17)18/h7-8,13-14H,3-6H2,1-2H3. The zero-order valence-electron chi connectivity index (χ0n) is 11.5. The second-order valence-corrected chi connectivity index (χ2v) is 4.25. The first kappa shape index (κ1) is 15.7. The molecule has 0 amide bonds. The number of nitrogens with one attached hydrogen (secondary N) is 2. The van der Waals surface area contributed by atoms with E-state index in [0.717, 1.165) is 18.9 Å². The van der Waals surface area contributed by atoms with Gasteiger partial charge in [0.15, 0.2) is 0 Å². The molecule has 0 unspecified atom stereocenters. The van der Waals surface area contributed by atoms with Crippen molar-refractivity contribution in [2.75, 3.05) is 23.7 Å². The van der Waals surface area contributed by atoms with Crippen LogP contribution in [0.15, 0.2) is 12.1 Å².